The number of ether oxygens (including phenoxy) is 2. The average Bonchev–Trinajstić information content (AvgIpc) is 2.74. The molecule has 142 valence electrons. The number of carbonyl (C=O) groups excluding carboxylic acids is 1. The fourth-order valence-corrected chi connectivity index (χ4v) is 2.78. The maximum absolute atomic E-state index is 12.0. The lowest BCUT2D eigenvalue weighted by Gasteiger charge is -2.11. The number of halogens is 1. The van der Waals surface area contributed by atoms with Crippen LogP contribution in [0.15, 0.2) is 72.1 Å². The number of carbonyl (C=O) groups is 1. The van der Waals surface area contributed by atoms with Gasteiger partial charge in [0.15, 0.2) is 0 Å². The lowest BCUT2D eigenvalue weighted by atomic mass is 10.1. The molecule has 0 bridgehead atoms. The third-order valence-electron chi connectivity index (χ3n) is 3.83. The molecule has 7 heteroatoms. The van der Waals surface area contributed by atoms with Crippen LogP contribution in [0, 0.1) is 3.57 Å². The van der Waals surface area contributed by atoms with Crippen LogP contribution >= 0.6 is 22.6 Å². The molecule has 0 atom stereocenters. The molecule has 0 saturated carbocycles. The fraction of sp³-hybridized carbons (Fsp3) is 0.0952. The normalized spacial score (nSPS) is 10.6. The molecular formula is C21H18IN3O3. The molecule has 1 amide bonds. The monoisotopic (exact) mass is 487 g/mol. The van der Waals surface area contributed by atoms with Crippen molar-refractivity contribution < 1.29 is 14.3 Å². The summed E-state index contributed by atoms with van der Waals surface area (Å²) in [5.41, 5.74) is 4.69. The number of benzene rings is 2. The van der Waals surface area contributed by atoms with Crippen molar-refractivity contribution in [3.63, 3.8) is 0 Å². The topological polar surface area (TPSA) is 72.8 Å². The Kier molecular flexibility index (Phi) is 6.96. The minimum Gasteiger partial charge on any atom is -0.496 e. The zero-order valence-electron chi connectivity index (χ0n) is 15.1. The van der Waals surface area contributed by atoms with Crippen LogP contribution in [0.4, 0.5) is 0 Å². The summed E-state index contributed by atoms with van der Waals surface area (Å²) in [7, 11) is 1.62. The van der Waals surface area contributed by atoms with Crippen LogP contribution in [-0.2, 0) is 6.61 Å². The molecular weight excluding hydrogens is 469 g/mol. The van der Waals surface area contributed by atoms with Crippen molar-refractivity contribution in [1.82, 2.24) is 10.4 Å². The van der Waals surface area contributed by atoms with Gasteiger partial charge in [-0.05, 0) is 82.8 Å². The summed E-state index contributed by atoms with van der Waals surface area (Å²) in [6.07, 6.45) is 4.69. The molecule has 1 aromatic heterocycles. The molecule has 0 unspecified atom stereocenters. The highest BCUT2D eigenvalue weighted by molar-refractivity contribution is 14.1. The molecule has 1 heterocycles. The first-order valence-corrected chi connectivity index (χ1v) is 9.52. The molecule has 2 aromatic carbocycles. The molecule has 28 heavy (non-hydrogen) atoms. The Labute approximate surface area is 176 Å². The second-order valence-corrected chi connectivity index (χ2v) is 6.99. The number of hydrazone groups is 1. The third kappa shape index (κ3) is 5.53. The van der Waals surface area contributed by atoms with E-state index in [-0.39, 0.29) is 5.91 Å². The van der Waals surface area contributed by atoms with Crippen LogP contribution in [0.2, 0.25) is 0 Å². The van der Waals surface area contributed by atoms with E-state index in [1.807, 2.05) is 42.5 Å². The van der Waals surface area contributed by atoms with Crippen molar-refractivity contribution in [2.24, 2.45) is 5.10 Å². The first kappa shape index (κ1) is 19.8. The second kappa shape index (κ2) is 9.84. The van der Waals surface area contributed by atoms with Gasteiger partial charge in [0, 0.05) is 27.1 Å². The lowest BCUT2D eigenvalue weighted by Crippen LogP contribution is -2.17. The number of aromatic nitrogens is 1. The van der Waals surface area contributed by atoms with Gasteiger partial charge in [0.2, 0.25) is 0 Å². The van der Waals surface area contributed by atoms with Gasteiger partial charge in [-0.25, -0.2) is 5.43 Å². The molecule has 3 rings (SSSR count). The molecule has 0 fully saturated rings. The minimum absolute atomic E-state index is 0.297. The number of pyridine rings is 1. The third-order valence-corrected chi connectivity index (χ3v) is 4.55. The molecule has 0 aliphatic rings. The van der Waals surface area contributed by atoms with Crippen LogP contribution in [0.25, 0.3) is 0 Å². The van der Waals surface area contributed by atoms with E-state index < -0.39 is 0 Å². The van der Waals surface area contributed by atoms with Gasteiger partial charge in [0.1, 0.15) is 18.1 Å². The number of hydrogen-bond acceptors (Lipinski definition) is 5. The van der Waals surface area contributed by atoms with E-state index in [0.29, 0.717) is 12.2 Å². The van der Waals surface area contributed by atoms with Crippen LogP contribution in [0.3, 0.4) is 0 Å². The van der Waals surface area contributed by atoms with Gasteiger partial charge in [-0.2, -0.15) is 5.10 Å². The number of amides is 1. The van der Waals surface area contributed by atoms with E-state index in [0.717, 1.165) is 26.2 Å². The van der Waals surface area contributed by atoms with Crippen LogP contribution in [0.5, 0.6) is 11.5 Å². The Morgan fingerprint density at radius 2 is 1.89 bits per heavy atom. The summed E-state index contributed by atoms with van der Waals surface area (Å²) < 4.78 is 12.4. The van der Waals surface area contributed by atoms with Crippen LogP contribution in [-0.4, -0.2) is 24.2 Å². The Morgan fingerprint density at radius 3 is 2.61 bits per heavy atom. The van der Waals surface area contributed by atoms with E-state index in [1.165, 1.54) is 0 Å². The van der Waals surface area contributed by atoms with Gasteiger partial charge in [-0.15, -0.1) is 0 Å². The van der Waals surface area contributed by atoms with Gasteiger partial charge in [0.25, 0.3) is 5.91 Å². The zero-order chi connectivity index (χ0) is 19.8. The summed E-state index contributed by atoms with van der Waals surface area (Å²) >= 11 is 2.25. The van der Waals surface area contributed by atoms with E-state index in [1.54, 1.807) is 37.9 Å². The maximum atomic E-state index is 12.0. The molecule has 3 aromatic rings. The number of rotatable bonds is 7. The number of nitrogens with one attached hydrogen (secondary N) is 1. The van der Waals surface area contributed by atoms with Gasteiger partial charge in [0.05, 0.1) is 13.3 Å². The number of hydrogen-bond donors (Lipinski definition) is 1. The predicted molar refractivity (Wildman–Crippen MR) is 116 cm³/mol. The van der Waals surface area contributed by atoms with Gasteiger partial charge < -0.3 is 9.47 Å². The second-order valence-electron chi connectivity index (χ2n) is 5.75. The smallest absolute Gasteiger partial charge is 0.271 e. The summed E-state index contributed by atoms with van der Waals surface area (Å²) in [5.74, 6) is 1.21. The van der Waals surface area contributed by atoms with E-state index in [2.05, 4.69) is 38.1 Å². The molecule has 0 saturated heterocycles. The molecule has 0 spiro atoms. The maximum Gasteiger partial charge on any atom is 0.271 e. The van der Waals surface area contributed by atoms with Crippen LogP contribution < -0.4 is 14.9 Å². The SMILES string of the molecule is COc1ccc(/C=N\NC(=O)c2ccncc2)cc1COc1ccc(I)cc1. The average molecular weight is 487 g/mol. The van der Waals surface area contributed by atoms with Crippen molar-refractivity contribution in [3.8, 4) is 11.5 Å². The Hall–Kier alpha value is -2.94. The molecule has 1 N–H and O–H groups in total. The largest absolute Gasteiger partial charge is 0.496 e. The Balaban J connectivity index is 1.66. The van der Waals surface area contributed by atoms with Crippen molar-refractivity contribution in [2.75, 3.05) is 7.11 Å². The van der Waals surface area contributed by atoms with Crippen molar-refractivity contribution in [3.05, 3.63) is 87.3 Å². The summed E-state index contributed by atoms with van der Waals surface area (Å²) in [4.78, 5) is 15.9. The molecule has 0 aliphatic heterocycles. The summed E-state index contributed by atoms with van der Waals surface area (Å²) in [6, 6.07) is 16.7. The van der Waals surface area contributed by atoms with Crippen molar-refractivity contribution >= 4 is 34.7 Å². The van der Waals surface area contributed by atoms with Gasteiger partial charge in [-0.1, -0.05) is 0 Å². The van der Waals surface area contributed by atoms with Crippen LogP contribution in [0.1, 0.15) is 21.5 Å². The van der Waals surface area contributed by atoms with E-state index >= 15 is 0 Å². The highest BCUT2D eigenvalue weighted by Gasteiger charge is 2.06. The fourth-order valence-electron chi connectivity index (χ4n) is 2.42. The number of methoxy groups -OCH3 is 1. The van der Waals surface area contributed by atoms with Gasteiger partial charge >= 0.3 is 0 Å². The van der Waals surface area contributed by atoms with Gasteiger partial charge in [-0.3, -0.25) is 9.78 Å². The first-order chi connectivity index (χ1) is 13.7. The number of nitrogens with zero attached hydrogens (tertiary/aromatic N) is 2. The molecule has 0 radical (unpaired) electrons. The van der Waals surface area contributed by atoms with Crippen molar-refractivity contribution in [2.45, 2.75) is 6.61 Å². The highest BCUT2D eigenvalue weighted by atomic mass is 127. The quantitative estimate of drug-likeness (QED) is 0.310. The standard InChI is InChI=1S/C21H18IN3O3/c1-27-20-7-2-15(13-24-25-21(26)16-8-10-23-11-9-16)12-17(20)14-28-19-5-3-18(22)4-6-19/h2-13H,14H2,1H3,(H,25,26)/b24-13-. The van der Waals surface area contributed by atoms with E-state index in [4.69, 9.17) is 9.47 Å². The minimum atomic E-state index is -0.297. The molecule has 0 aliphatic carbocycles. The highest BCUT2D eigenvalue weighted by Crippen LogP contribution is 2.22. The summed E-state index contributed by atoms with van der Waals surface area (Å²) in [5, 5.41) is 4.02. The molecule has 6 nitrogen and oxygen atoms in total. The van der Waals surface area contributed by atoms with Crippen molar-refractivity contribution in [1.29, 1.82) is 0 Å². The Bertz CT molecular complexity index is 960. The summed E-state index contributed by atoms with van der Waals surface area (Å²) in [6.45, 7) is 0.356. The zero-order valence-corrected chi connectivity index (χ0v) is 17.3. The Morgan fingerprint density at radius 1 is 1.14 bits per heavy atom. The van der Waals surface area contributed by atoms with E-state index in [9.17, 15) is 4.79 Å². The first-order valence-electron chi connectivity index (χ1n) is 8.44. The predicted octanol–water partition coefficient (Wildman–Crippen LogP) is 4.04. The lowest BCUT2D eigenvalue weighted by molar-refractivity contribution is 0.0955.